The largest absolute Gasteiger partial charge is 0.454 e. The Hall–Kier alpha value is -3.68. The Labute approximate surface area is 166 Å². The molecule has 0 spiro atoms. The normalized spacial score (nSPS) is 12.0. The number of ether oxygens (including phenoxy) is 2. The second-order valence-corrected chi connectivity index (χ2v) is 6.60. The molecule has 0 unspecified atom stereocenters. The van der Waals surface area contributed by atoms with Crippen LogP contribution in [0.1, 0.15) is 17.7 Å². The molecule has 29 heavy (non-hydrogen) atoms. The number of hydrogen-bond donors (Lipinski definition) is 2. The summed E-state index contributed by atoms with van der Waals surface area (Å²) in [5, 5.41) is 10.9. The molecule has 2 N–H and O–H groups in total. The maximum Gasteiger partial charge on any atom is 0.273 e. The second-order valence-electron chi connectivity index (χ2n) is 6.60. The fourth-order valence-corrected chi connectivity index (χ4v) is 3.01. The van der Waals surface area contributed by atoms with Crippen LogP contribution < -0.4 is 20.3 Å². The lowest BCUT2D eigenvalue weighted by Gasteiger charge is -2.06. The van der Waals surface area contributed by atoms with Crippen molar-refractivity contribution >= 4 is 5.91 Å². The summed E-state index contributed by atoms with van der Waals surface area (Å²) >= 11 is 0. The summed E-state index contributed by atoms with van der Waals surface area (Å²) in [5.74, 6) is 1.46. The molecule has 3 aromatic rings. The number of aromatic nitrogens is 3. The van der Waals surface area contributed by atoms with Crippen molar-refractivity contribution in [3.8, 4) is 22.9 Å². The summed E-state index contributed by atoms with van der Waals surface area (Å²) in [4.78, 5) is 27.0. The fourth-order valence-electron chi connectivity index (χ4n) is 3.01. The fraction of sp³-hybridized carbons (Fsp3) is 0.238. The van der Waals surface area contributed by atoms with E-state index in [4.69, 9.17) is 9.47 Å². The van der Waals surface area contributed by atoms with Crippen molar-refractivity contribution in [2.75, 3.05) is 13.3 Å². The lowest BCUT2D eigenvalue weighted by molar-refractivity contribution is -0.121. The van der Waals surface area contributed by atoms with E-state index in [9.17, 15) is 9.59 Å². The minimum Gasteiger partial charge on any atom is -0.454 e. The highest BCUT2D eigenvalue weighted by molar-refractivity contribution is 5.76. The average molecular weight is 392 g/mol. The van der Waals surface area contributed by atoms with Crippen LogP contribution in [-0.4, -0.2) is 34.4 Å². The number of H-pyrrole nitrogens is 1. The molecule has 1 amide bonds. The number of benzene rings is 2. The molecule has 2 heterocycles. The third-order valence-corrected chi connectivity index (χ3v) is 4.58. The van der Waals surface area contributed by atoms with E-state index >= 15 is 0 Å². The Morgan fingerprint density at radius 2 is 1.86 bits per heavy atom. The summed E-state index contributed by atoms with van der Waals surface area (Å²) in [6.45, 7) is 0.723. The number of carbonyl (C=O) groups excluding carboxylic acids is 1. The smallest absolute Gasteiger partial charge is 0.273 e. The topological polar surface area (TPSA) is 106 Å². The molecule has 1 aliphatic heterocycles. The summed E-state index contributed by atoms with van der Waals surface area (Å²) < 4.78 is 10.6. The molecule has 148 valence electrons. The first-order chi connectivity index (χ1) is 14.2. The van der Waals surface area contributed by atoms with Crippen LogP contribution >= 0.6 is 0 Å². The van der Waals surface area contributed by atoms with Gasteiger partial charge in [0.2, 0.25) is 12.7 Å². The summed E-state index contributed by atoms with van der Waals surface area (Å²) in [7, 11) is 0. The van der Waals surface area contributed by atoms with Gasteiger partial charge in [0.25, 0.3) is 5.56 Å². The Kier molecular flexibility index (Phi) is 5.51. The van der Waals surface area contributed by atoms with Gasteiger partial charge in [0.15, 0.2) is 17.3 Å². The lowest BCUT2D eigenvalue weighted by Crippen LogP contribution is -2.27. The molecule has 1 aromatic heterocycles. The van der Waals surface area contributed by atoms with Crippen molar-refractivity contribution in [3.05, 3.63) is 70.1 Å². The highest BCUT2D eigenvalue weighted by atomic mass is 16.7. The van der Waals surface area contributed by atoms with Crippen LogP contribution in [0.3, 0.4) is 0 Å². The van der Waals surface area contributed by atoms with Gasteiger partial charge in [-0.1, -0.05) is 30.3 Å². The molecule has 4 rings (SSSR count). The van der Waals surface area contributed by atoms with Crippen LogP contribution in [-0.2, 0) is 17.6 Å². The summed E-state index contributed by atoms with van der Waals surface area (Å²) in [5.41, 5.74) is 1.70. The molecule has 0 bridgehead atoms. The van der Waals surface area contributed by atoms with Gasteiger partial charge in [-0.25, -0.2) is 0 Å². The Balaban J connectivity index is 1.31. The van der Waals surface area contributed by atoms with E-state index in [1.54, 1.807) is 18.2 Å². The summed E-state index contributed by atoms with van der Waals surface area (Å²) in [6.07, 6.45) is 1.16. The molecule has 8 nitrogen and oxygen atoms in total. The van der Waals surface area contributed by atoms with E-state index in [1.165, 1.54) is 0 Å². The number of amides is 1. The van der Waals surface area contributed by atoms with Crippen molar-refractivity contribution in [2.24, 2.45) is 0 Å². The first kappa shape index (κ1) is 18.7. The van der Waals surface area contributed by atoms with E-state index in [-0.39, 0.29) is 36.8 Å². The zero-order valence-electron chi connectivity index (χ0n) is 15.7. The molecule has 0 saturated heterocycles. The lowest BCUT2D eigenvalue weighted by atomic mass is 10.1. The maximum atomic E-state index is 12.3. The highest BCUT2D eigenvalue weighted by Gasteiger charge is 2.15. The first-order valence-electron chi connectivity index (χ1n) is 9.35. The van der Waals surface area contributed by atoms with E-state index in [1.807, 2.05) is 30.3 Å². The van der Waals surface area contributed by atoms with Crippen LogP contribution in [0.5, 0.6) is 11.5 Å². The van der Waals surface area contributed by atoms with Crippen molar-refractivity contribution < 1.29 is 14.3 Å². The first-order valence-corrected chi connectivity index (χ1v) is 9.35. The van der Waals surface area contributed by atoms with Crippen molar-refractivity contribution in [2.45, 2.75) is 19.3 Å². The minimum absolute atomic E-state index is 0.123. The number of aryl methyl sites for hydroxylation is 1. The van der Waals surface area contributed by atoms with E-state index in [0.717, 1.165) is 12.0 Å². The molecule has 8 heteroatoms. The number of carbonyl (C=O) groups is 1. The third kappa shape index (κ3) is 4.60. The average Bonchev–Trinajstić information content (AvgIpc) is 3.21. The molecule has 2 aromatic carbocycles. The van der Waals surface area contributed by atoms with Gasteiger partial charge in [0.1, 0.15) is 5.69 Å². The zero-order valence-corrected chi connectivity index (χ0v) is 15.7. The standard InChI is InChI=1S/C21H20N4O4/c26-19(22-11-10-14-4-2-1-3-5-14)9-7-16-21(27)23-20(25-24-16)15-6-8-17-18(12-15)29-13-28-17/h1-6,8,12H,7,9-11,13H2,(H,22,26)(H,23,25,27). The van der Waals surface area contributed by atoms with Gasteiger partial charge in [0.05, 0.1) is 0 Å². The monoisotopic (exact) mass is 392 g/mol. The highest BCUT2D eigenvalue weighted by Crippen LogP contribution is 2.34. The number of hydrogen-bond acceptors (Lipinski definition) is 6. The van der Waals surface area contributed by atoms with Gasteiger partial charge in [-0.15, -0.1) is 10.2 Å². The number of aromatic amines is 1. The molecule has 0 saturated carbocycles. The predicted octanol–water partition coefficient (Wildman–Crippen LogP) is 1.85. The van der Waals surface area contributed by atoms with Crippen LogP contribution in [0.4, 0.5) is 0 Å². The van der Waals surface area contributed by atoms with Crippen molar-refractivity contribution in [1.29, 1.82) is 0 Å². The zero-order chi connectivity index (χ0) is 20.1. The second kappa shape index (κ2) is 8.55. The molecule has 1 aliphatic rings. The Morgan fingerprint density at radius 3 is 2.69 bits per heavy atom. The van der Waals surface area contributed by atoms with Gasteiger partial charge in [-0.2, -0.15) is 0 Å². The molecule has 0 atom stereocenters. The quantitative estimate of drug-likeness (QED) is 0.636. The molecule has 0 radical (unpaired) electrons. The third-order valence-electron chi connectivity index (χ3n) is 4.58. The van der Waals surface area contributed by atoms with Gasteiger partial charge >= 0.3 is 0 Å². The molecule has 0 aliphatic carbocycles. The van der Waals surface area contributed by atoms with Crippen LogP contribution in [0.15, 0.2) is 53.3 Å². The molecule has 0 fully saturated rings. The van der Waals surface area contributed by atoms with Gasteiger partial charge < -0.3 is 19.8 Å². The number of nitrogens with zero attached hydrogens (tertiary/aromatic N) is 2. The number of rotatable bonds is 7. The summed E-state index contributed by atoms with van der Waals surface area (Å²) in [6, 6.07) is 15.2. The number of fused-ring (bicyclic) bond motifs is 1. The number of nitrogens with one attached hydrogen (secondary N) is 2. The SMILES string of the molecule is O=C(CCc1nnc(-c2ccc3c(c2)OCO3)[nH]c1=O)NCCc1ccccc1. The van der Waals surface area contributed by atoms with Crippen molar-refractivity contribution in [3.63, 3.8) is 0 Å². The van der Waals surface area contributed by atoms with Crippen LogP contribution in [0.25, 0.3) is 11.4 Å². The van der Waals surface area contributed by atoms with Crippen LogP contribution in [0.2, 0.25) is 0 Å². The van der Waals surface area contributed by atoms with Gasteiger partial charge in [-0.05, 0) is 30.2 Å². The molecular weight excluding hydrogens is 372 g/mol. The van der Waals surface area contributed by atoms with Gasteiger partial charge in [0, 0.05) is 24.9 Å². The van der Waals surface area contributed by atoms with Gasteiger partial charge in [-0.3, -0.25) is 9.59 Å². The van der Waals surface area contributed by atoms with Crippen molar-refractivity contribution in [1.82, 2.24) is 20.5 Å². The Morgan fingerprint density at radius 1 is 1.03 bits per heavy atom. The van der Waals surface area contributed by atoms with E-state index < -0.39 is 0 Å². The Bertz CT molecular complexity index is 1070. The predicted molar refractivity (Wildman–Crippen MR) is 106 cm³/mol. The minimum atomic E-state index is -0.357. The van der Waals surface area contributed by atoms with E-state index in [2.05, 4.69) is 20.5 Å². The van der Waals surface area contributed by atoms with E-state index in [0.29, 0.717) is 29.4 Å². The van der Waals surface area contributed by atoms with Crippen LogP contribution in [0, 0.1) is 0 Å². The molecular formula is C21H20N4O4. The maximum absolute atomic E-state index is 12.3.